The molecule has 0 heterocycles. The van der Waals surface area contributed by atoms with Crippen molar-refractivity contribution >= 4 is 11.6 Å². The van der Waals surface area contributed by atoms with Crippen LogP contribution in [0.5, 0.6) is 5.75 Å². The number of benzene rings is 1. The Hall–Kier alpha value is -0.990. The van der Waals surface area contributed by atoms with Gasteiger partial charge in [-0.2, -0.15) is 0 Å². The zero-order valence-electron chi connectivity index (χ0n) is 12.6. The van der Waals surface area contributed by atoms with Crippen molar-refractivity contribution in [3.63, 3.8) is 0 Å². The Morgan fingerprint density at radius 3 is 2.90 bits per heavy atom. The first kappa shape index (κ1) is 16.4. The Morgan fingerprint density at radius 2 is 2.05 bits per heavy atom. The van der Waals surface area contributed by atoms with E-state index in [4.69, 9.17) is 16.3 Å². The van der Waals surface area contributed by atoms with Crippen molar-refractivity contribution in [2.75, 3.05) is 6.61 Å². The summed E-state index contributed by atoms with van der Waals surface area (Å²) in [6.07, 6.45) is 13.5. The van der Waals surface area contributed by atoms with E-state index >= 15 is 0 Å². The second-order valence-electron chi connectivity index (χ2n) is 5.83. The first-order valence-corrected chi connectivity index (χ1v) is 8.33. The molecule has 0 saturated carbocycles. The monoisotopic (exact) mass is 308 g/mol. The van der Waals surface area contributed by atoms with Crippen molar-refractivity contribution < 1.29 is 9.84 Å². The molecule has 0 spiro atoms. The van der Waals surface area contributed by atoms with Gasteiger partial charge < -0.3 is 9.84 Å². The van der Waals surface area contributed by atoms with E-state index in [-0.39, 0.29) is 5.75 Å². The predicted molar refractivity (Wildman–Crippen MR) is 87.7 cm³/mol. The van der Waals surface area contributed by atoms with E-state index in [0.717, 1.165) is 24.5 Å². The van der Waals surface area contributed by atoms with Crippen LogP contribution in [0.1, 0.15) is 50.5 Å². The van der Waals surface area contributed by atoms with E-state index in [1.54, 1.807) is 12.1 Å². The van der Waals surface area contributed by atoms with Crippen LogP contribution in [0, 0.1) is 5.92 Å². The van der Waals surface area contributed by atoms with Crippen LogP contribution in [-0.2, 0) is 11.3 Å². The maximum absolute atomic E-state index is 9.36. The first-order chi connectivity index (χ1) is 10.3. The molecule has 1 unspecified atom stereocenters. The number of halogens is 1. The zero-order valence-corrected chi connectivity index (χ0v) is 13.3. The second-order valence-corrected chi connectivity index (χ2v) is 6.23. The van der Waals surface area contributed by atoms with Crippen molar-refractivity contribution in [2.45, 2.75) is 51.6 Å². The molecule has 2 rings (SSSR count). The van der Waals surface area contributed by atoms with Crippen LogP contribution in [-0.4, -0.2) is 11.7 Å². The van der Waals surface area contributed by atoms with Crippen LogP contribution < -0.4 is 0 Å². The van der Waals surface area contributed by atoms with Crippen LogP contribution in [0.2, 0.25) is 5.02 Å². The number of hydrogen-bond donors (Lipinski definition) is 1. The average molecular weight is 309 g/mol. The van der Waals surface area contributed by atoms with Gasteiger partial charge in [0.15, 0.2) is 0 Å². The predicted octanol–water partition coefficient (Wildman–Crippen LogP) is 5.48. The standard InChI is InChI=1S/C18H25ClO2/c19-17-13-16(10-11-18(17)20)14-21-12-6-9-15-7-4-2-1-3-5-8-15/h1-2,10-11,13,15,20H,3-9,12,14H2/b2-1+. The first-order valence-electron chi connectivity index (χ1n) is 7.96. The zero-order chi connectivity index (χ0) is 14.9. The number of phenols is 1. The van der Waals surface area contributed by atoms with Crippen molar-refractivity contribution in [1.82, 2.24) is 0 Å². The number of rotatable bonds is 6. The third kappa shape index (κ3) is 6.11. The molecule has 1 N–H and O–H groups in total. The highest BCUT2D eigenvalue weighted by Gasteiger charge is 2.09. The molecule has 0 aliphatic heterocycles. The third-order valence-corrected chi connectivity index (χ3v) is 4.38. The van der Waals surface area contributed by atoms with Crippen LogP contribution in [0.15, 0.2) is 30.4 Å². The largest absolute Gasteiger partial charge is 0.506 e. The lowest BCUT2D eigenvalue weighted by Gasteiger charge is -2.17. The molecule has 1 aromatic rings. The van der Waals surface area contributed by atoms with Gasteiger partial charge in [0.1, 0.15) is 5.75 Å². The Kier molecular flexibility index (Phi) is 7.11. The highest BCUT2D eigenvalue weighted by Crippen LogP contribution is 2.25. The molecule has 21 heavy (non-hydrogen) atoms. The van der Waals surface area contributed by atoms with Crippen LogP contribution >= 0.6 is 11.6 Å². The summed E-state index contributed by atoms with van der Waals surface area (Å²) in [5, 5.41) is 9.75. The number of phenolic OH excluding ortho intramolecular Hbond substituents is 1. The van der Waals surface area contributed by atoms with Gasteiger partial charge in [-0.25, -0.2) is 0 Å². The van der Waals surface area contributed by atoms with E-state index < -0.39 is 0 Å². The minimum atomic E-state index is 0.124. The molecular formula is C18H25ClO2. The van der Waals surface area contributed by atoms with Gasteiger partial charge in [-0.3, -0.25) is 0 Å². The summed E-state index contributed by atoms with van der Waals surface area (Å²) in [6.45, 7) is 1.36. The van der Waals surface area contributed by atoms with E-state index in [1.165, 1.54) is 38.5 Å². The highest BCUT2D eigenvalue weighted by atomic mass is 35.5. The number of ether oxygens (including phenoxy) is 1. The van der Waals surface area contributed by atoms with Crippen molar-refractivity contribution in [2.24, 2.45) is 5.92 Å². The molecule has 0 radical (unpaired) electrons. The lowest BCUT2D eigenvalue weighted by Crippen LogP contribution is -2.04. The van der Waals surface area contributed by atoms with Crippen LogP contribution in [0.25, 0.3) is 0 Å². The molecule has 1 aliphatic rings. The number of hydrogen-bond acceptors (Lipinski definition) is 2. The molecule has 0 aromatic heterocycles. The van der Waals surface area contributed by atoms with Gasteiger partial charge in [-0.05, 0) is 62.1 Å². The normalized spacial score (nSPS) is 20.7. The molecule has 2 nitrogen and oxygen atoms in total. The van der Waals surface area contributed by atoms with Gasteiger partial charge in [-0.15, -0.1) is 0 Å². The minimum absolute atomic E-state index is 0.124. The smallest absolute Gasteiger partial charge is 0.134 e. The molecule has 0 saturated heterocycles. The average Bonchev–Trinajstić information content (AvgIpc) is 2.44. The number of aromatic hydroxyl groups is 1. The molecule has 1 atom stereocenters. The molecule has 0 amide bonds. The number of allylic oxidation sites excluding steroid dienone is 2. The van der Waals surface area contributed by atoms with Gasteiger partial charge in [0.25, 0.3) is 0 Å². The Balaban J connectivity index is 1.61. The van der Waals surface area contributed by atoms with E-state index in [0.29, 0.717) is 11.6 Å². The van der Waals surface area contributed by atoms with Gasteiger partial charge in [0.05, 0.1) is 11.6 Å². The molecule has 0 fully saturated rings. The minimum Gasteiger partial charge on any atom is -0.506 e. The van der Waals surface area contributed by atoms with Gasteiger partial charge in [0, 0.05) is 6.61 Å². The fraction of sp³-hybridized carbons (Fsp3) is 0.556. The molecule has 3 heteroatoms. The summed E-state index contributed by atoms with van der Waals surface area (Å²) in [4.78, 5) is 0. The summed E-state index contributed by atoms with van der Waals surface area (Å²) in [7, 11) is 0. The summed E-state index contributed by atoms with van der Waals surface area (Å²) < 4.78 is 5.71. The SMILES string of the molecule is Oc1ccc(COCCCC2CC/C=C/CCC2)cc1Cl. The van der Waals surface area contributed by atoms with Crippen LogP contribution in [0.3, 0.4) is 0 Å². The summed E-state index contributed by atoms with van der Waals surface area (Å²) in [5.74, 6) is 0.986. The Morgan fingerprint density at radius 1 is 1.19 bits per heavy atom. The maximum Gasteiger partial charge on any atom is 0.134 e. The van der Waals surface area contributed by atoms with E-state index in [9.17, 15) is 5.11 Å². The maximum atomic E-state index is 9.36. The van der Waals surface area contributed by atoms with Crippen molar-refractivity contribution in [1.29, 1.82) is 0 Å². The van der Waals surface area contributed by atoms with Crippen LogP contribution in [0.4, 0.5) is 0 Å². The van der Waals surface area contributed by atoms with E-state index in [2.05, 4.69) is 12.2 Å². The summed E-state index contributed by atoms with van der Waals surface area (Å²) >= 11 is 5.87. The van der Waals surface area contributed by atoms with Crippen molar-refractivity contribution in [3.05, 3.63) is 40.9 Å². The lowest BCUT2D eigenvalue weighted by molar-refractivity contribution is 0.113. The molecular weight excluding hydrogens is 284 g/mol. The van der Waals surface area contributed by atoms with Gasteiger partial charge in [-0.1, -0.05) is 36.2 Å². The molecule has 1 aromatic carbocycles. The van der Waals surface area contributed by atoms with Gasteiger partial charge >= 0.3 is 0 Å². The molecule has 1 aliphatic carbocycles. The third-order valence-electron chi connectivity index (χ3n) is 4.07. The lowest BCUT2D eigenvalue weighted by atomic mass is 9.90. The summed E-state index contributed by atoms with van der Waals surface area (Å²) in [5.41, 5.74) is 1.01. The highest BCUT2D eigenvalue weighted by molar-refractivity contribution is 6.32. The van der Waals surface area contributed by atoms with Crippen molar-refractivity contribution in [3.8, 4) is 5.75 Å². The molecule has 0 bridgehead atoms. The fourth-order valence-electron chi connectivity index (χ4n) is 2.83. The fourth-order valence-corrected chi connectivity index (χ4v) is 3.03. The topological polar surface area (TPSA) is 29.5 Å². The Labute approximate surface area is 132 Å². The van der Waals surface area contributed by atoms with E-state index in [1.807, 2.05) is 6.07 Å². The quantitative estimate of drug-likeness (QED) is 0.557. The second kappa shape index (κ2) is 9.11. The molecule has 116 valence electrons. The Bertz CT molecular complexity index is 457. The summed E-state index contributed by atoms with van der Waals surface area (Å²) in [6, 6.07) is 5.23. The van der Waals surface area contributed by atoms with Gasteiger partial charge in [0.2, 0.25) is 0 Å².